The number of benzene rings is 2. The predicted molar refractivity (Wildman–Crippen MR) is 129 cm³/mol. The summed E-state index contributed by atoms with van der Waals surface area (Å²) < 4.78 is 5.62. The first-order valence-corrected chi connectivity index (χ1v) is 11.7. The van der Waals surface area contributed by atoms with Crippen molar-refractivity contribution < 1.29 is 9.21 Å². The van der Waals surface area contributed by atoms with Gasteiger partial charge in [-0.05, 0) is 42.5 Å². The van der Waals surface area contributed by atoms with E-state index in [1.807, 2.05) is 42.5 Å². The first kappa shape index (κ1) is 22.4. The van der Waals surface area contributed by atoms with Gasteiger partial charge in [0.05, 0.1) is 5.75 Å². The zero-order valence-electron chi connectivity index (χ0n) is 17.5. The third-order valence-corrected chi connectivity index (χ3v) is 6.13. The van der Waals surface area contributed by atoms with E-state index in [2.05, 4.69) is 31.9 Å². The summed E-state index contributed by atoms with van der Waals surface area (Å²) in [7, 11) is 0. The molecule has 1 aliphatic heterocycles. The zero-order valence-corrected chi connectivity index (χ0v) is 19.1. The molecule has 1 aromatic heterocycles. The summed E-state index contributed by atoms with van der Waals surface area (Å²) in [5.74, 6) is 0.407. The van der Waals surface area contributed by atoms with Gasteiger partial charge in [0, 0.05) is 54.7 Å². The molecule has 1 fully saturated rings. The molecule has 1 aliphatic rings. The summed E-state index contributed by atoms with van der Waals surface area (Å²) in [6.45, 7) is 8.75. The van der Waals surface area contributed by atoms with Crippen LogP contribution in [0, 0.1) is 0 Å². The van der Waals surface area contributed by atoms with Crippen LogP contribution in [0.3, 0.4) is 0 Å². The van der Waals surface area contributed by atoms with E-state index >= 15 is 0 Å². The van der Waals surface area contributed by atoms with Crippen molar-refractivity contribution in [2.75, 3.05) is 48.7 Å². The molecule has 7 nitrogen and oxygen atoms in total. The van der Waals surface area contributed by atoms with Crippen LogP contribution in [0.5, 0.6) is 0 Å². The number of halogens is 1. The molecule has 9 heteroatoms. The Kier molecular flexibility index (Phi) is 7.47. The maximum atomic E-state index is 12.3. The smallest absolute Gasteiger partial charge is 0.277 e. The largest absolute Gasteiger partial charge is 0.411 e. The quantitative estimate of drug-likeness (QED) is 0.386. The van der Waals surface area contributed by atoms with Gasteiger partial charge in [-0.15, -0.1) is 16.8 Å². The molecule has 0 radical (unpaired) electrons. The Bertz CT molecular complexity index is 1060. The molecular weight excluding hydrogens is 446 g/mol. The Labute approximate surface area is 196 Å². The third kappa shape index (κ3) is 5.91. The van der Waals surface area contributed by atoms with Crippen LogP contribution in [0.2, 0.25) is 5.02 Å². The van der Waals surface area contributed by atoms with Crippen molar-refractivity contribution in [3.05, 3.63) is 66.2 Å². The number of amides is 1. The second-order valence-electron chi connectivity index (χ2n) is 7.34. The van der Waals surface area contributed by atoms with Gasteiger partial charge in [-0.25, -0.2) is 0 Å². The van der Waals surface area contributed by atoms with Gasteiger partial charge < -0.3 is 14.6 Å². The number of aromatic nitrogens is 2. The minimum absolute atomic E-state index is 0.136. The molecule has 1 saturated heterocycles. The fourth-order valence-electron chi connectivity index (χ4n) is 3.46. The topological polar surface area (TPSA) is 74.5 Å². The fourth-order valence-corrected chi connectivity index (χ4v) is 4.21. The van der Waals surface area contributed by atoms with Crippen molar-refractivity contribution in [3.63, 3.8) is 0 Å². The van der Waals surface area contributed by atoms with Crippen molar-refractivity contribution in [1.82, 2.24) is 15.1 Å². The van der Waals surface area contributed by atoms with E-state index < -0.39 is 0 Å². The number of carbonyl (C=O) groups is 1. The summed E-state index contributed by atoms with van der Waals surface area (Å²) in [5.41, 5.74) is 2.66. The molecule has 0 atom stereocenters. The minimum atomic E-state index is -0.136. The molecular formula is C23H24ClN5O2S. The summed E-state index contributed by atoms with van der Waals surface area (Å²) in [4.78, 5) is 17.1. The summed E-state index contributed by atoms with van der Waals surface area (Å²) in [5, 5.41) is 11.8. The predicted octanol–water partition coefficient (Wildman–Crippen LogP) is 4.43. The molecule has 2 aromatic carbocycles. The second kappa shape index (κ2) is 10.7. The Morgan fingerprint density at radius 2 is 1.94 bits per heavy atom. The lowest BCUT2D eigenvalue weighted by Crippen LogP contribution is -2.46. The third-order valence-electron chi connectivity index (χ3n) is 5.08. The second-order valence-corrected chi connectivity index (χ2v) is 8.71. The molecule has 1 N–H and O–H groups in total. The Morgan fingerprint density at radius 3 is 2.66 bits per heavy atom. The first-order chi connectivity index (χ1) is 15.6. The van der Waals surface area contributed by atoms with Crippen LogP contribution in [0.15, 0.2) is 70.8 Å². The highest BCUT2D eigenvalue weighted by Crippen LogP contribution is 2.25. The molecule has 2 heterocycles. The van der Waals surface area contributed by atoms with Gasteiger partial charge in [0.1, 0.15) is 0 Å². The number of piperazine rings is 1. The van der Waals surface area contributed by atoms with Crippen LogP contribution in [-0.4, -0.2) is 59.5 Å². The molecule has 0 spiro atoms. The van der Waals surface area contributed by atoms with Crippen molar-refractivity contribution in [2.24, 2.45) is 0 Å². The number of nitrogens with zero attached hydrogens (tertiary/aromatic N) is 4. The van der Waals surface area contributed by atoms with E-state index in [9.17, 15) is 4.79 Å². The highest BCUT2D eigenvalue weighted by molar-refractivity contribution is 7.99. The molecule has 166 valence electrons. The van der Waals surface area contributed by atoms with Crippen molar-refractivity contribution in [1.29, 1.82) is 0 Å². The molecule has 0 unspecified atom stereocenters. The Morgan fingerprint density at radius 1 is 1.16 bits per heavy atom. The lowest BCUT2D eigenvalue weighted by molar-refractivity contribution is -0.113. The normalized spacial score (nSPS) is 14.3. The maximum Gasteiger partial charge on any atom is 0.277 e. The molecule has 1 amide bonds. The number of rotatable bonds is 8. The maximum absolute atomic E-state index is 12.3. The number of hydrogen-bond donors (Lipinski definition) is 1. The summed E-state index contributed by atoms with van der Waals surface area (Å²) in [6, 6.07) is 15.1. The lowest BCUT2D eigenvalue weighted by atomic mass is 10.2. The van der Waals surface area contributed by atoms with Crippen molar-refractivity contribution in [3.8, 4) is 11.5 Å². The van der Waals surface area contributed by atoms with Gasteiger partial charge in [-0.2, -0.15) is 0 Å². The van der Waals surface area contributed by atoms with Crippen LogP contribution < -0.4 is 10.2 Å². The van der Waals surface area contributed by atoms with E-state index in [0.29, 0.717) is 16.1 Å². The molecule has 0 saturated carbocycles. The van der Waals surface area contributed by atoms with Crippen LogP contribution in [0.1, 0.15) is 0 Å². The summed E-state index contributed by atoms with van der Waals surface area (Å²) >= 11 is 7.19. The van der Waals surface area contributed by atoms with Gasteiger partial charge in [0.25, 0.3) is 5.22 Å². The van der Waals surface area contributed by atoms with Crippen LogP contribution in [0.4, 0.5) is 11.4 Å². The fraction of sp³-hybridized carbons (Fsp3) is 0.261. The van der Waals surface area contributed by atoms with Crippen LogP contribution >= 0.6 is 23.4 Å². The van der Waals surface area contributed by atoms with E-state index in [4.69, 9.17) is 16.0 Å². The molecule has 4 rings (SSSR count). The van der Waals surface area contributed by atoms with Gasteiger partial charge >= 0.3 is 0 Å². The van der Waals surface area contributed by atoms with Gasteiger partial charge in [-0.3, -0.25) is 9.69 Å². The van der Waals surface area contributed by atoms with Gasteiger partial charge in [0.15, 0.2) is 0 Å². The van der Waals surface area contributed by atoms with E-state index in [1.165, 1.54) is 11.8 Å². The molecule has 0 aliphatic carbocycles. The average molecular weight is 470 g/mol. The van der Waals surface area contributed by atoms with Crippen LogP contribution in [-0.2, 0) is 4.79 Å². The van der Waals surface area contributed by atoms with Crippen molar-refractivity contribution >= 4 is 40.6 Å². The lowest BCUT2D eigenvalue weighted by Gasteiger charge is -2.35. The minimum Gasteiger partial charge on any atom is -0.411 e. The highest BCUT2D eigenvalue weighted by atomic mass is 35.5. The standard InChI is InChI=1S/C23H24ClN5O2S/c1-2-10-28-11-13-29(14-12-28)20-8-6-19(7-9-20)25-21(30)16-32-23-27-26-22(31-23)17-4-3-5-18(24)15-17/h2-9,15H,1,10-14,16H2,(H,25,30). The SMILES string of the molecule is C=CCN1CCN(c2ccc(NC(=O)CSc3nnc(-c4cccc(Cl)c4)o3)cc2)CC1. The molecule has 3 aromatic rings. The Balaban J connectivity index is 1.25. The zero-order chi connectivity index (χ0) is 22.3. The van der Waals surface area contributed by atoms with E-state index in [-0.39, 0.29) is 11.7 Å². The number of carbonyl (C=O) groups excluding carboxylic acids is 1. The number of thioether (sulfide) groups is 1. The Hall–Kier alpha value is -2.81. The number of nitrogens with one attached hydrogen (secondary N) is 1. The van der Waals surface area contributed by atoms with Gasteiger partial charge in [-0.1, -0.05) is 35.5 Å². The monoisotopic (exact) mass is 469 g/mol. The number of anilines is 2. The highest BCUT2D eigenvalue weighted by Gasteiger charge is 2.16. The number of hydrogen-bond acceptors (Lipinski definition) is 7. The average Bonchev–Trinajstić information content (AvgIpc) is 3.28. The van der Waals surface area contributed by atoms with Crippen molar-refractivity contribution in [2.45, 2.75) is 5.22 Å². The van der Waals surface area contributed by atoms with Gasteiger partial charge in [0.2, 0.25) is 11.8 Å². The van der Waals surface area contributed by atoms with E-state index in [1.54, 1.807) is 12.1 Å². The first-order valence-electron chi connectivity index (χ1n) is 10.3. The van der Waals surface area contributed by atoms with E-state index in [0.717, 1.165) is 49.7 Å². The molecule has 32 heavy (non-hydrogen) atoms. The summed E-state index contributed by atoms with van der Waals surface area (Å²) in [6.07, 6.45) is 1.95. The molecule has 0 bridgehead atoms. The van der Waals surface area contributed by atoms with Crippen LogP contribution in [0.25, 0.3) is 11.5 Å².